The van der Waals surface area contributed by atoms with Crippen LogP contribution in [0, 0.1) is 11.8 Å². The topological polar surface area (TPSA) is 125 Å². The van der Waals surface area contributed by atoms with Gasteiger partial charge in [0.1, 0.15) is 17.7 Å². The first-order valence-electron chi connectivity index (χ1n) is 15.4. The van der Waals surface area contributed by atoms with Gasteiger partial charge in [-0.3, -0.25) is 19.2 Å². The van der Waals surface area contributed by atoms with Crippen molar-refractivity contribution in [2.45, 2.75) is 107 Å². The smallest absolute Gasteiger partial charge is 0.312 e. The van der Waals surface area contributed by atoms with Crippen molar-refractivity contribution in [1.82, 2.24) is 15.1 Å². The number of nitrogens with one attached hydrogen (secondary N) is 1. The normalized spacial score (nSPS) is 29.6. The molecule has 4 fully saturated rings. The number of aliphatic hydroxyl groups is 1. The summed E-state index contributed by atoms with van der Waals surface area (Å²) in [5.74, 6) is -2.68. The maximum absolute atomic E-state index is 14.4. The SMILES string of the molecule is C=CCCC(=O)NC[C@H](C)OC(=O)[C@@H]1[C@@H]2CC[C@]3(O2)[C@H](C(=O)N(CC=C)C2CCCCC2)N(CCCCO)C(=O)[C@@H]13. The molecule has 41 heavy (non-hydrogen) atoms. The molecule has 10 heteroatoms. The van der Waals surface area contributed by atoms with Crippen LogP contribution in [-0.4, -0.2) is 94.7 Å². The molecule has 1 aliphatic carbocycles. The highest BCUT2D eigenvalue weighted by Crippen LogP contribution is 2.59. The predicted molar refractivity (Wildman–Crippen MR) is 152 cm³/mol. The maximum Gasteiger partial charge on any atom is 0.312 e. The first-order valence-corrected chi connectivity index (χ1v) is 15.4. The van der Waals surface area contributed by atoms with Crippen molar-refractivity contribution in [3.63, 3.8) is 0 Å². The molecule has 2 N–H and O–H groups in total. The molecule has 3 saturated heterocycles. The highest BCUT2D eigenvalue weighted by atomic mass is 16.6. The molecule has 0 radical (unpaired) electrons. The molecule has 0 aromatic heterocycles. The molecule has 0 aromatic rings. The Morgan fingerprint density at radius 2 is 1.95 bits per heavy atom. The van der Waals surface area contributed by atoms with Gasteiger partial charge in [-0.2, -0.15) is 0 Å². The van der Waals surface area contributed by atoms with Gasteiger partial charge in [0.2, 0.25) is 17.7 Å². The summed E-state index contributed by atoms with van der Waals surface area (Å²) in [4.78, 5) is 57.5. The van der Waals surface area contributed by atoms with E-state index in [-0.39, 0.29) is 36.9 Å². The monoisotopic (exact) mass is 573 g/mol. The minimum atomic E-state index is -1.09. The number of allylic oxidation sites excluding steroid dienone is 1. The number of likely N-dealkylation sites (tertiary alicyclic amines) is 1. The minimum absolute atomic E-state index is 0.00454. The van der Waals surface area contributed by atoms with Crippen molar-refractivity contribution < 1.29 is 33.8 Å². The third kappa shape index (κ3) is 6.38. The Morgan fingerprint density at radius 3 is 2.63 bits per heavy atom. The van der Waals surface area contributed by atoms with Crippen LogP contribution in [-0.2, 0) is 28.7 Å². The summed E-state index contributed by atoms with van der Waals surface area (Å²) in [6.45, 7) is 10.1. The van der Waals surface area contributed by atoms with Crippen LogP contribution in [0.5, 0.6) is 0 Å². The Bertz CT molecular complexity index is 996. The molecule has 228 valence electrons. The molecule has 0 aromatic carbocycles. The predicted octanol–water partition coefficient (Wildman–Crippen LogP) is 2.49. The van der Waals surface area contributed by atoms with Gasteiger partial charge in [0, 0.05) is 32.2 Å². The van der Waals surface area contributed by atoms with Crippen LogP contribution in [0.25, 0.3) is 0 Å². The summed E-state index contributed by atoms with van der Waals surface area (Å²) < 4.78 is 12.3. The van der Waals surface area contributed by atoms with E-state index in [2.05, 4.69) is 18.5 Å². The van der Waals surface area contributed by atoms with Crippen molar-refractivity contribution >= 4 is 23.7 Å². The van der Waals surface area contributed by atoms with Crippen LogP contribution in [0.15, 0.2) is 25.3 Å². The highest BCUT2D eigenvalue weighted by Gasteiger charge is 2.75. The molecule has 10 nitrogen and oxygen atoms in total. The summed E-state index contributed by atoms with van der Waals surface area (Å²) in [7, 11) is 0. The highest BCUT2D eigenvalue weighted by molar-refractivity contribution is 5.98. The average Bonchev–Trinajstić information content (AvgIpc) is 3.61. The van der Waals surface area contributed by atoms with Gasteiger partial charge in [-0.25, -0.2) is 0 Å². The van der Waals surface area contributed by atoms with Crippen LogP contribution in [0.2, 0.25) is 0 Å². The number of nitrogens with zero attached hydrogens (tertiary/aromatic N) is 2. The van der Waals surface area contributed by atoms with E-state index in [9.17, 15) is 24.3 Å². The van der Waals surface area contributed by atoms with Crippen molar-refractivity contribution in [2.24, 2.45) is 11.8 Å². The quantitative estimate of drug-likeness (QED) is 0.175. The van der Waals surface area contributed by atoms with Gasteiger partial charge in [0.15, 0.2) is 0 Å². The van der Waals surface area contributed by atoms with E-state index in [1.165, 1.54) is 0 Å². The number of carbonyl (C=O) groups is 4. The van der Waals surface area contributed by atoms with Crippen LogP contribution in [0.3, 0.4) is 0 Å². The van der Waals surface area contributed by atoms with Crippen LogP contribution >= 0.6 is 0 Å². The van der Waals surface area contributed by atoms with E-state index >= 15 is 0 Å². The fourth-order valence-corrected chi connectivity index (χ4v) is 7.34. The molecule has 2 bridgehead atoms. The van der Waals surface area contributed by atoms with E-state index in [0.29, 0.717) is 51.6 Å². The van der Waals surface area contributed by atoms with E-state index < -0.39 is 41.7 Å². The lowest BCUT2D eigenvalue weighted by Crippen LogP contribution is -2.58. The van der Waals surface area contributed by atoms with Crippen LogP contribution < -0.4 is 5.32 Å². The number of hydrogen-bond donors (Lipinski definition) is 2. The molecule has 0 unspecified atom stereocenters. The molecule has 1 spiro atoms. The maximum atomic E-state index is 14.4. The fourth-order valence-electron chi connectivity index (χ4n) is 7.34. The zero-order valence-corrected chi connectivity index (χ0v) is 24.4. The Labute approximate surface area is 243 Å². The Kier molecular flexibility index (Phi) is 10.6. The first-order chi connectivity index (χ1) is 19.8. The molecule has 3 heterocycles. The number of unbranched alkanes of at least 4 members (excludes halogenated alkanes) is 1. The summed E-state index contributed by atoms with van der Waals surface area (Å²) in [5, 5.41) is 12.2. The summed E-state index contributed by atoms with van der Waals surface area (Å²) in [6.07, 6.45) is 10.4. The zero-order valence-electron chi connectivity index (χ0n) is 24.4. The van der Waals surface area contributed by atoms with Crippen molar-refractivity contribution in [2.75, 3.05) is 26.2 Å². The van der Waals surface area contributed by atoms with Gasteiger partial charge in [-0.1, -0.05) is 31.4 Å². The Morgan fingerprint density at radius 1 is 1.20 bits per heavy atom. The summed E-state index contributed by atoms with van der Waals surface area (Å²) >= 11 is 0. The van der Waals surface area contributed by atoms with Crippen molar-refractivity contribution in [3.05, 3.63) is 25.3 Å². The number of fused-ring (bicyclic) bond motifs is 1. The van der Waals surface area contributed by atoms with Crippen molar-refractivity contribution in [1.29, 1.82) is 0 Å². The van der Waals surface area contributed by atoms with Gasteiger partial charge < -0.3 is 29.7 Å². The number of hydrogen-bond acceptors (Lipinski definition) is 7. The van der Waals surface area contributed by atoms with Gasteiger partial charge in [-0.15, -0.1) is 13.2 Å². The third-order valence-electron chi connectivity index (χ3n) is 9.22. The second-order valence-corrected chi connectivity index (χ2v) is 12.0. The second kappa shape index (κ2) is 14.0. The summed E-state index contributed by atoms with van der Waals surface area (Å²) in [6, 6.07) is -0.744. The number of esters is 1. The lowest BCUT2D eigenvalue weighted by Gasteiger charge is -2.40. The third-order valence-corrected chi connectivity index (χ3v) is 9.22. The molecular weight excluding hydrogens is 526 g/mol. The van der Waals surface area contributed by atoms with Gasteiger partial charge in [0.05, 0.1) is 24.5 Å². The van der Waals surface area contributed by atoms with Crippen LogP contribution in [0.1, 0.15) is 77.6 Å². The number of rotatable bonds is 15. The first kappa shape index (κ1) is 31.2. The molecule has 4 rings (SSSR count). The van der Waals surface area contributed by atoms with Gasteiger partial charge in [0.25, 0.3) is 0 Å². The fraction of sp³-hybridized carbons (Fsp3) is 0.742. The number of aliphatic hydroxyl groups excluding tert-OH is 1. The lowest BCUT2D eigenvalue weighted by atomic mass is 9.70. The van der Waals surface area contributed by atoms with Gasteiger partial charge >= 0.3 is 5.97 Å². The summed E-state index contributed by atoms with van der Waals surface area (Å²) in [5.41, 5.74) is -1.09. The largest absolute Gasteiger partial charge is 0.460 e. The van der Waals surface area contributed by atoms with E-state index in [1.54, 1.807) is 24.0 Å². The number of carbonyl (C=O) groups excluding carboxylic acids is 4. The molecule has 3 amide bonds. The molecule has 3 aliphatic heterocycles. The number of amides is 3. The van der Waals surface area contributed by atoms with Crippen LogP contribution in [0.4, 0.5) is 0 Å². The molecular formula is C31H47N3O7. The lowest BCUT2D eigenvalue weighted by molar-refractivity contribution is -0.159. The molecule has 4 aliphatic rings. The Hall–Kier alpha value is -2.72. The van der Waals surface area contributed by atoms with Crippen molar-refractivity contribution in [3.8, 4) is 0 Å². The Balaban J connectivity index is 1.55. The van der Waals surface area contributed by atoms with E-state index in [1.807, 2.05) is 4.90 Å². The van der Waals surface area contributed by atoms with Gasteiger partial charge in [-0.05, 0) is 51.9 Å². The molecule has 6 atom stereocenters. The standard InChI is InChI=1S/C31H47N3O7/c1-4-6-14-24(36)32-20-21(3)40-30(39)25-23-15-16-31(41-23)26(25)28(37)34(18-10-11-19-35)27(31)29(38)33(17-5-2)22-12-8-7-9-13-22/h4-5,21-23,25-27,35H,1-2,6-20H2,3H3,(H,32,36)/t21-,23-,25+,26+,27-,31+/m0/s1. The average molecular weight is 574 g/mol. The molecule has 1 saturated carbocycles. The van der Waals surface area contributed by atoms with E-state index in [4.69, 9.17) is 9.47 Å². The second-order valence-electron chi connectivity index (χ2n) is 12.0. The van der Waals surface area contributed by atoms with E-state index in [0.717, 1.165) is 32.1 Å². The zero-order chi connectivity index (χ0) is 29.6. The minimum Gasteiger partial charge on any atom is -0.460 e. The number of ether oxygens (including phenoxy) is 2.